The second-order valence-corrected chi connectivity index (χ2v) is 4.67. The maximum atomic E-state index is 12.2. The van der Waals surface area contributed by atoms with Crippen LogP contribution in [0.5, 0.6) is 5.75 Å². The Balaban J connectivity index is 2.72. The molecule has 0 aliphatic heterocycles. The zero-order chi connectivity index (χ0) is 12.7. The molecule has 3 nitrogen and oxygen atoms in total. The average molecular weight is 300 g/mol. The minimum Gasteiger partial charge on any atom is -0.508 e. The number of rotatable bonds is 6. The quantitative estimate of drug-likeness (QED) is 0.820. The summed E-state index contributed by atoms with van der Waals surface area (Å²) in [7, 11) is 0. The monoisotopic (exact) mass is 299 g/mol. The molecule has 94 valence electrons. The van der Waals surface area contributed by atoms with Crippen LogP contribution in [-0.4, -0.2) is 34.3 Å². The molecule has 1 rings (SSSR count). The molecule has 0 aromatic heterocycles. The number of unbranched alkanes of at least 4 members (excludes halogenated alkanes) is 1. The van der Waals surface area contributed by atoms with E-state index in [9.17, 15) is 9.90 Å². The predicted molar refractivity (Wildman–Crippen MR) is 72.7 cm³/mol. The zero-order valence-corrected chi connectivity index (χ0v) is 11.6. The Kier molecular flexibility index (Phi) is 6.05. The summed E-state index contributed by atoms with van der Waals surface area (Å²) in [6.07, 6.45) is 2.08. The van der Waals surface area contributed by atoms with Gasteiger partial charge in [0, 0.05) is 24.0 Å². The third kappa shape index (κ3) is 4.38. The Hall–Kier alpha value is -1.03. The molecule has 4 heteroatoms. The molecule has 0 bridgehead atoms. The molecular formula is C13H18BrNO2. The van der Waals surface area contributed by atoms with Crippen molar-refractivity contribution < 1.29 is 9.90 Å². The number of nitrogens with zero attached hydrogens (tertiary/aromatic N) is 1. The SMILES string of the molecule is CCCCN(CCBr)C(=O)c1ccc(O)cc1. The molecule has 1 aromatic rings. The second-order valence-electron chi connectivity index (χ2n) is 3.88. The molecular weight excluding hydrogens is 282 g/mol. The maximum Gasteiger partial charge on any atom is 0.253 e. The molecule has 0 atom stereocenters. The Morgan fingerprint density at radius 2 is 1.94 bits per heavy atom. The number of carbonyl (C=O) groups excluding carboxylic acids is 1. The van der Waals surface area contributed by atoms with Crippen LogP contribution in [-0.2, 0) is 0 Å². The van der Waals surface area contributed by atoms with E-state index in [1.54, 1.807) is 24.3 Å². The maximum absolute atomic E-state index is 12.2. The van der Waals surface area contributed by atoms with Crippen molar-refractivity contribution in [2.24, 2.45) is 0 Å². The first kappa shape index (κ1) is 14.0. The van der Waals surface area contributed by atoms with E-state index in [4.69, 9.17) is 0 Å². The van der Waals surface area contributed by atoms with Gasteiger partial charge in [-0.1, -0.05) is 29.3 Å². The van der Waals surface area contributed by atoms with Crippen LogP contribution in [0.15, 0.2) is 24.3 Å². The van der Waals surface area contributed by atoms with Gasteiger partial charge >= 0.3 is 0 Å². The van der Waals surface area contributed by atoms with Gasteiger partial charge in [0.1, 0.15) is 5.75 Å². The van der Waals surface area contributed by atoms with Gasteiger partial charge < -0.3 is 10.0 Å². The fourth-order valence-electron chi connectivity index (χ4n) is 1.55. The Morgan fingerprint density at radius 3 is 2.47 bits per heavy atom. The van der Waals surface area contributed by atoms with Crippen LogP contribution in [0.3, 0.4) is 0 Å². The summed E-state index contributed by atoms with van der Waals surface area (Å²) in [5, 5.41) is 9.97. The summed E-state index contributed by atoms with van der Waals surface area (Å²) in [4.78, 5) is 14.0. The lowest BCUT2D eigenvalue weighted by Gasteiger charge is -2.21. The van der Waals surface area contributed by atoms with E-state index >= 15 is 0 Å². The number of hydrogen-bond donors (Lipinski definition) is 1. The van der Waals surface area contributed by atoms with Crippen molar-refractivity contribution in [3.8, 4) is 5.75 Å². The molecule has 1 aromatic carbocycles. The number of alkyl halides is 1. The van der Waals surface area contributed by atoms with Crippen molar-refractivity contribution in [3.05, 3.63) is 29.8 Å². The molecule has 0 spiro atoms. The number of aromatic hydroxyl groups is 1. The number of phenolic OH excluding ortho intramolecular Hbond substituents is 1. The van der Waals surface area contributed by atoms with Gasteiger partial charge in [-0.25, -0.2) is 0 Å². The molecule has 0 fully saturated rings. The molecule has 0 aliphatic carbocycles. The summed E-state index contributed by atoms with van der Waals surface area (Å²) >= 11 is 3.36. The lowest BCUT2D eigenvalue weighted by Crippen LogP contribution is -2.33. The number of halogens is 1. The first-order valence-electron chi connectivity index (χ1n) is 5.83. The molecule has 17 heavy (non-hydrogen) atoms. The van der Waals surface area contributed by atoms with E-state index in [1.807, 2.05) is 4.90 Å². The van der Waals surface area contributed by atoms with Gasteiger partial charge in [-0.15, -0.1) is 0 Å². The van der Waals surface area contributed by atoms with Gasteiger partial charge in [-0.2, -0.15) is 0 Å². The third-order valence-corrected chi connectivity index (χ3v) is 2.89. The van der Waals surface area contributed by atoms with Crippen molar-refractivity contribution in [2.75, 3.05) is 18.4 Å². The van der Waals surface area contributed by atoms with Crippen molar-refractivity contribution >= 4 is 21.8 Å². The molecule has 1 N–H and O–H groups in total. The first-order valence-corrected chi connectivity index (χ1v) is 6.95. The molecule has 0 saturated heterocycles. The number of benzene rings is 1. The lowest BCUT2D eigenvalue weighted by atomic mass is 10.2. The Morgan fingerprint density at radius 1 is 1.29 bits per heavy atom. The Bertz CT molecular complexity index is 351. The number of hydrogen-bond acceptors (Lipinski definition) is 2. The fourth-order valence-corrected chi connectivity index (χ4v) is 1.98. The fraction of sp³-hybridized carbons (Fsp3) is 0.462. The minimum atomic E-state index is 0.0258. The zero-order valence-electron chi connectivity index (χ0n) is 10.0. The average Bonchev–Trinajstić information content (AvgIpc) is 2.34. The van der Waals surface area contributed by atoms with Gasteiger partial charge in [0.05, 0.1) is 0 Å². The van der Waals surface area contributed by atoms with Crippen LogP contribution < -0.4 is 0 Å². The van der Waals surface area contributed by atoms with Gasteiger partial charge in [0.15, 0.2) is 0 Å². The highest BCUT2D eigenvalue weighted by Crippen LogP contribution is 2.12. The standard InChI is InChI=1S/C13H18BrNO2/c1-2-3-9-15(10-8-14)13(17)11-4-6-12(16)7-5-11/h4-7,16H,2-3,8-10H2,1H3. The van der Waals surface area contributed by atoms with Crippen molar-refractivity contribution in [1.82, 2.24) is 4.90 Å². The van der Waals surface area contributed by atoms with Crippen LogP contribution in [0, 0.1) is 0 Å². The van der Waals surface area contributed by atoms with Gasteiger partial charge in [0.2, 0.25) is 0 Å². The van der Waals surface area contributed by atoms with Gasteiger partial charge in [0.25, 0.3) is 5.91 Å². The van der Waals surface area contributed by atoms with Gasteiger partial charge in [-0.05, 0) is 30.7 Å². The highest BCUT2D eigenvalue weighted by atomic mass is 79.9. The topological polar surface area (TPSA) is 40.5 Å². The van der Waals surface area contributed by atoms with Crippen molar-refractivity contribution in [1.29, 1.82) is 0 Å². The molecule has 0 aliphatic rings. The summed E-state index contributed by atoms with van der Waals surface area (Å²) in [6.45, 7) is 3.60. The summed E-state index contributed by atoms with van der Waals surface area (Å²) in [5.74, 6) is 0.208. The smallest absolute Gasteiger partial charge is 0.253 e. The first-order chi connectivity index (χ1) is 8.19. The second kappa shape index (κ2) is 7.33. The highest BCUT2D eigenvalue weighted by molar-refractivity contribution is 9.09. The summed E-state index contributed by atoms with van der Waals surface area (Å²) < 4.78 is 0. The van der Waals surface area contributed by atoms with E-state index in [0.29, 0.717) is 12.1 Å². The third-order valence-electron chi connectivity index (χ3n) is 2.54. The van der Waals surface area contributed by atoms with Crippen molar-refractivity contribution in [2.45, 2.75) is 19.8 Å². The molecule has 0 heterocycles. The van der Waals surface area contributed by atoms with Crippen LogP contribution in [0.1, 0.15) is 30.1 Å². The van der Waals surface area contributed by atoms with Crippen molar-refractivity contribution in [3.63, 3.8) is 0 Å². The van der Waals surface area contributed by atoms with Crippen LogP contribution >= 0.6 is 15.9 Å². The normalized spacial score (nSPS) is 10.2. The summed E-state index contributed by atoms with van der Waals surface area (Å²) in [6, 6.07) is 6.40. The molecule has 0 saturated carbocycles. The summed E-state index contributed by atoms with van der Waals surface area (Å²) in [5.41, 5.74) is 0.625. The highest BCUT2D eigenvalue weighted by Gasteiger charge is 2.14. The van der Waals surface area contributed by atoms with Crippen LogP contribution in [0.25, 0.3) is 0 Å². The Labute approximate surface area is 111 Å². The number of carbonyl (C=O) groups is 1. The molecule has 0 radical (unpaired) electrons. The molecule has 0 unspecified atom stereocenters. The lowest BCUT2D eigenvalue weighted by molar-refractivity contribution is 0.0764. The van der Waals surface area contributed by atoms with Crippen LogP contribution in [0.2, 0.25) is 0 Å². The minimum absolute atomic E-state index is 0.0258. The predicted octanol–water partition coefficient (Wildman–Crippen LogP) is 3.03. The van der Waals surface area contributed by atoms with E-state index in [2.05, 4.69) is 22.9 Å². The van der Waals surface area contributed by atoms with E-state index < -0.39 is 0 Å². The van der Waals surface area contributed by atoms with E-state index in [1.165, 1.54) is 0 Å². The van der Waals surface area contributed by atoms with E-state index in [-0.39, 0.29) is 11.7 Å². The number of phenols is 1. The van der Waals surface area contributed by atoms with Gasteiger partial charge in [-0.3, -0.25) is 4.79 Å². The van der Waals surface area contributed by atoms with Crippen LogP contribution in [0.4, 0.5) is 0 Å². The number of amides is 1. The van der Waals surface area contributed by atoms with E-state index in [0.717, 1.165) is 24.7 Å². The largest absolute Gasteiger partial charge is 0.508 e. The molecule has 1 amide bonds.